The lowest BCUT2D eigenvalue weighted by molar-refractivity contribution is -0.128. The summed E-state index contributed by atoms with van der Waals surface area (Å²) in [6.07, 6.45) is 0. The zero-order valence-corrected chi connectivity index (χ0v) is 34.2. The lowest BCUT2D eigenvalue weighted by atomic mass is 10.2. The number of hydrogen-bond acceptors (Lipinski definition) is 10. The van der Waals surface area contributed by atoms with Gasteiger partial charge in [-0.2, -0.15) is 14.5 Å². The third-order valence-electron chi connectivity index (χ3n) is 8.36. The lowest BCUT2D eigenvalue weighted by Gasteiger charge is -2.22. The minimum Gasteiger partial charge on any atom is -0.497 e. The summed E-state index contributed by atoms with van der Waals surface area (Å²) in [5, 5.41) is 13.2. The number of methoxy groups -OCH3 is 2. The van der Waals surface area contributed by atoms with Crippen molar-refractivity contribution in [3.8, 4) is 11.5 Å². The predicted octanol–water partition coefficient (Wildman–Crippen LogP) is 3.94. The molecule has 4 aromatic rings. The Morgan fingerprint density at radius 1 is 0.667 bits per heavy atom. The number of hydrogen-bond donors (Lipinski definition) is 1. The van der Waals surface area contributed by atoms with Crippen LogP contribution in [0.3, 0.4) is 0 Å². The molecule has 0 atom stereocenters. The molecule has 0 saturated heterocycles. The molecule has 0 aliphatic carbocycles. The molecule has 0 aliphatic rings. The average Bonchev–Trinajstić information content (AvgIpc) is 3.74. The van der Waals surface area contributed by atoms with Crippen LogP contribution in [0.1, 0.15) is 76.1 Å². The van der Waals surface area contributed by atoms with E-state index in [-0.39, 0.29) is 60.1 Å². The molecule has 0 radical (unpaired) electrons. The highest BCUT2D eigenvalue weighted by Crippen LogP contribution is 2.25. The maximum Gasteiger partial charge on any atom is 0.263 e. The number of nitrogens with zero attached hydrogens (tertiary/aromatic N) is 7. The molecule has 2 aromatic carbocycles. The second-order valence-corrected chi connectivity index (χ2v) is 16.7. The standard InChI is InChI=1S/C26H34N4O5S.C10H18N4O3S/c1-19(2)30-23(18-28(4)20(3)31)15-26(27-30)36(32,33)29(16-21-7-11-24(34-5)12-8-21)17-22-9-13-25(35-6)14-10-22;1-7(2)14-9(6-13(4)8(3)15)5-10(12-14)18(11,16)17/h7-15,19H,16-18H2,1-6H3;5,7H,6H2,1-4H3,(H2,11,16,17). The normalized spacial score (nSPS) is 11.7. The summed E-state index contributed by atoms with van der Waals surface area (Å²) in [6, 6.07) is 17.4. The number of aromatic nitrogens is 4. The first kappa shape index (κ1) is 43.6. The van der Waals surface area contributed by atoms with Crippen molar-refractivity contribution in [2.24, 2.45) is 5.14 Å². The van der Waals surface area contributed by atoms with Gasteiger partial charge < -0.3 is 19.3 Å². The van der Waals surface area contributed by atoms with Crippen molar-refractivity contribution in [2.45, 2.75) is 89.9 Å². The van der Waals surface area contributed by atoms with Gasteiger partial charge in [0.25, 0.3) is 20.0 Å². The van der Waals surface area contributed by atoms with Gasteiger partial charge in [-0.1, -0.05) is 24.3 Å². The zero-order chi connectivity index (χ0) is 40.5. The number of benzene rings is 2. The molecule has 2 N–H and O–H groups in total. The number of sulfonamides is 2. The maximum atomic E-state index is 13.9. The molecule has 0 saturated carbocycles. The minimum atomic E-state index is -3.98. The summed E-state index contributed by atoms with van der Waals surface area (Å²) >= 11 is 0. The van der Waals surface area contributed by atoms with E-state index < -0.39 is 20.0 Å². The molecular weight excluding hydrogens is 737 g/mol. The summed E-state index contributed by atoms with van der Waals surface area (Å²) in [5.74, 6) is 1.16. The fourth-order valence-corrected chi connectivity index (χ4v) is 7.03. The van der Waals surface area contributed by atoms with Gasteiger partial charge >= 0.3 is 0 Å². The van der Waals surface area contributed by atoms with Gasteiger partial charge in [0.1, 0.15) is 11.5 Å². The van der Waals surface area contributed by atoms with E-state index in [2.05, 4.69) is 10.2 Å². The molecular formula is C36H52N8O8S2. The molecule has 296 valence electrons. The quantitative estimate of drug-likeness (QED) is 0.185. The molecule has 16 nitrogen and oxygen atoms in total. The van der Waals surface area contributed by atoms with E-state index in [1.807, 2.05) is 52.0 Å². The molecule has 0 fully saturated rings. The molecule has 4 rings (SSSR count). The van der Waals surface area contributed by atoms with Gasteiger partial charge in [-0.15, -0.1) is 0 Å². The number of amides is 2. The van der Waals surface area contributed by atoms with Crippen molar-refractivity contribution in [3.63, 3.8) is 0 Å². The van der Waals surface area contributed by atoms with Gasteiger partial charge in [0.05, 0.1) is 38.7 Å². The highest BCUT2D eigenvalue weighted by Gasteiger charge is 2.30. The van der Waals surface area contributed by atoms with Crippen LogP contribution in [0.15, 0.2) is 70.7 Å². The van der Waals surface area contributed by atoms with Crippen LogP contribution in [-0.4, -0.2) is 90.6 Å². The second kappa shape index (κ2) is 18.5. The minimum absolute atomic E-state index is 0.0177. The number of carbonyl (C=O) groups is 2. The molecule has 54 heavy (non-hydrogen) atoms. The van der Waals surface area contributed by atoms with Gasteiger partial charge in [0.2, 0.25) is 11.8 Å². The van der Waals surface area contributed by atoms with Gasteiger partial charge in [-0.25, -0.2) is 22.0 Å². The van der Waals surface area contributed by atoms with Crippen molar-refractivity contribution >= 4 is 31.9 Å². The Kier molecular flexibility index (Phi) is 15.0. The Hall–Kier alpha value is -4.78. The van der Waals surface area contributed by atoms with E-state index in [9.17, 15) is 26.4 Å². The largest absolute Gasteiger partial charge is 0.497 e. The van der Waals surface area contributed by atoms with Crippen LogP contribution in [0.25, 0.3) is 0 Å². The van der Waals surface area contributed by atoms with Crippen LogP contribution in [0, 0.1) is 0 Å². The topological polar surface area (TPSA) is 192 Å². The summed E-state index contributed by atoms with van der Waals surface area (Å²) in [7, 11) is -1.33. The van der Waals surface area contributed by atoms with Crippen LogP contribution in [-0.2, 0) is 55.8 Å². The monoisotopic (exact) mass is 788 g/mol. The Bertz CT molecular complexity index is 2040. The summed E-state index contributed by atoms with van der Waals surface area (Å²) in [4.78, 5) is 26.0. The Labute approximate surface area is 318 Å². The zero-order valence-electron chi connectivity index (χ0n) is 32.5. The van der Waals surface area contributed by atoms with Crippen molar-refractivity contribution in [2.75, 3.05) is 28.3 Å². The van der Waals surface area contributed by atoms with E-state index in [1.54, 1.807) is 68.0 Å². The van der Waals surface area contributed by atoms with Crippen LogP contribution >= 0.6 is 0 Å². The molecule has 2 amide bonds. The Balaban J connectivity index is 0.000000366. The summed E-state index contributed by atoms with van der Waals surface area (Å²) in [5.41, 5.74) is 2.90. The highest BCUT2D eigenvalue weighted by molar-refractivity contribution is 7.89. The van der Waals surface area contributed by atoms with E-state index in [4.69, 9.17) is 14.6 Å². The molecule has 2 aromatic heterocycles. The summed E-state index contributed by atoms with van der Waals surface area (Å²) < 4.78 is 65.4. The Morgan fingerprint density at radius 3 is 1.33 bits per heavy atom. The Morgan fingerprint density at radius 2 is 1.02 bits per heavy atom. The lowest BCUT2D eigenvalue weighted by Crippen LogP contribution is -2.30. The number of primary sulfonamides is 1. The first-order valence-electron chi connectivity index (χ1n) is 17.1. The number of carbonyl (C=O) groups excluding carboxylic acids is 2. The van der Waals surface area contributed by atoms with Gasteiger partial charge in [-0.05, 0) is 63.1 Å². The number of nitrogens with two attached hydrogens (primary N) is 1. The second-order valence-electron chi connectivity index (χ2n) is 13.3. The predicted molar refractivity (Wildman–Crippen MR) is 203 cm³/mol. The van der Waals surface area contributed by atoms with Crippen LogP contribution in [0.5, 0.6) is 11.5 Å². The fourth-order valence-electron chi connectivity index (χ4n) is 5.15. The van der Waals surface area contributed by atoms with Gasteiger partial charge in [0, 0.05) is 65.2 Å². The number of ether oxygens (including phenoxy) is 2. The highest BCUT2D eigenvalue weighted by atomic mass is 32.2. The molecule has 0 spiro atoms. The van der Waals surface area contributed by atoms with Gasteiger partial charge in [0.15, 0.2) is 10.1 Å². The van der Waals surface area contributed by atoms with Crippen molar-refractivity contribution in [3.05, 3.63) is 83.2 Å². The third-order valence-corrected chi connectivity index (χ3v) is 10.8. The maximum absolute atomic E-state index is 13.9. The van der Waals surface area contributed by atoms with Crippen molar-refractivity contribution < 1.29 is 35.9 Å². The smallest absolute Gasteiger partial charge is 0.263 e. The summed E-state index contributed by atoms with van der Waals surface area (Å²) in [6.45, 7) is 11.3. The molecule has 0 bridgehead atoms. The van der Waals surface area contributed by atoms with E-state index in [0.717, 1.165) is 11.1 Å². The van der Waals surface area contributed by atoms with E-state index in [1.165, 1.54) is 34.0 Å². The van der Waals surface area contributed by atoms with Gasteiger partial charge in [-0.3, -0.25) is 19.0 Å². The molecule has 0 aliphatic heterocycles. The molecule has 2 heterocycles. The van der Waals surface area contributed by atoms with Crippen molar-refractivity contribution in [1.82, 2.24) is 33.7 Å². The molecule has 18 heteroatoms. The first-order valence-corrected chi connectivity index (χ1v) is 20.1. The third kappa shape index (κ3) is 11.6. The van der Waals surface area contributed by atoms with Crippen LogP contribution in [0.4, 0.5) is 0 Å². The first-order chi connectivity index (χ1) is 25.2. The fraction of sp³-hybridized carbons (Fsp3) is 0.444. The van der Waals surface area contributed by atoms with E-state index >= 15 is 0 Å². The van der Waals surface area contributed by atoms with Crippen LogP contribution in [0.2, 0.25) is 0 Å². The van der Waals surface area contributed by atoms with E-state index in [0.29, 0.717) is 22.9 Å². The van der Waals surface area contributed by atoms with Crippen molar-refractivity contribution in [1.29, 1.82) is 0 Å². The number of rotatable bonds is 15. The van der Waals surface area contributed by atoms with Crippen LogP contribution < -0.4 is 14.6 Å². The average molecular weight is 789 g/mol. The SMILES string of the molecule is CC(=O)N(C)Cc1cc(S(N)(=O)=O)nn1C(C)C.COc1ccc(CN(Cc2ccc(OC)cc2)S(=O)(=O)c2cc(CN(C)C(C)=O)n(C(C)C)n2)cc1. The molecule has 0 unspecified atom stereocenters.